The molecule has 26 heavy (non-hydrogen) atoms. The molecule has 1 aromatic rings. The van der Waals surface area contributed by atoms with E-state index in [-0.39, 0.29) is 24.4 Å². The third-order valence-corrected chi connectivity index (χ3v) is 6.04. The molecule has 0 aliphatic carbocycles. The standard InChI is InChI=1S/C19H30N2O4S/c1-14(2)12-18(15-7-9-17(25-3)10-8-15)20-19(22)16-6-5-11-21(13-16)26(4,23)24/h7-10,14,16,18H,5-6,11-13H2,1-4H3,(H,20,22)/t16-,18+/m1/s1. The van der Waals surface area contributed by atoms with Gasteiger partial charge in [0.25, 0.3) is 0 Å². The van der Waals surface area contributed by atoms with Crippen molar-refractivity contribution in [1.29, 1.82) is 0 Å². The molecule has 1 N–H and O–H groups in total. The number of piperidine rings is 1. The summed E-state index contributed by atoms with van der Waals surface area (Å²) in [7, 11) is -1.64. The molecule has 1 aliphatic heterocycles. The molecule has 1 fully saturated rings. The fraction of sp³-hybridized carbons (Fsp3) is 0.632. The smallest absolute Gasteiger partial charge is 0.224 e. The molecule has 0 aromatic heterocycles. The van der Waals surface area contributed by atoms with Gasteiger partial charge in [-0.05, 0) is 42.9 Å². The lowest BCUT2D eigenvalue weighted by Gasteiger charge is -2.31. The fourth-order valence-electron chi connectivity index (χ4n) is 3.33. The maximum Gasteiger partial charge on any atom is 0.224 e. The van der Waals surface area contributed by atoms with Crippen LogP contribution in [0.3, 0.4) is 0 Å². The number of rotatable bonds is 7. The Morgan fingerprint density at radius 1 is 1.31 bits per heavy atom. The second-order valence-electron chi connectivity index (χ2n) is 7.42. The fourth-order valence-corrected chi connectivity index (χ4v) is 4.24. The molecular formula is C19H30N2O4S. The van der Waals surface area contributed by atoms with E-state index in [2.05, 4.69) is 19.2 Å². The van der Waals surface area contributed by atoms with Crippen LogP contribution in [0, 0.1) is 11.8 Å². The lowest BCUT2D eigenvalue weighted by molar-refractivity contribution is -0.127. The van der Waals surface area contributed by atoms with E-state index in [1.807, 2.05) is 24.3 Å². The van der Waals surface area contributed by atoms with E-state index in [0.717, 1.165) is 24.2 Å². The first-order chi connectivity index (χ1) is 12.2. The summed E-state index contributed by atoms with van der Waals surface area (Å²) >= 11 is 0. The van der Waals surface area contributed by atoms with Crippen molar-refractivity contribution in [3.8, 4) is 5.75 Å². The monoisotopic (exact) mass is 382 g/mol. The van der Waals surface area contributed by atoms with Crippen molar-refractivity contribution in [3.05, 3.63) is 29.8 Å². The number of benzene rings is 1. The largest absolute Gasteiger partial charge is 0.497 e. The number of methoxy groups -OCH3 is 1. The Hall–Kier alpha value is -1.60. The molecule has 2 atom stereocenters. The van der Waals surface area contributed by atoms with Crippen LogP contribution in [0.4, 0.5) is 0 Å². The van der Waals surface area contributed by atoms with Crippen LogP contribution in [0.2, 0.25) is 0 Å². The SMILES string of the molecule is COc1ccc([C@H](CC(C)C)NC(=O)[C@@H]2CCCN(S(C)(=O)=O)C2)cc1. The van der Waals surface area contributed by atoms with Crippen molar-refractivity contribution >= 4 is 15.9 Å². The number of hydrogen-bond donors (Lipinski definition) is 1. The molecule has 1 aliphatic rings. The average molecular weight is 383 g/mol. The highest BCUT2D eigenvalue weighted by Crippen LogP contribution is 2.25. The Balaban J connectivity index is 2.10. The molecule has 1 saturated heterocycles. The van der Waals surface area contributed by atoms with Crippen LogP contribution in [0.1, 0.15) is 44.7 Å². The van der Waals surface area contributed by atoms with E-state index in [1.165, 1.54) is 10.6 Å². The number of ether oxygens (including phenoxy) is 1. The Kier molecular flexibility index (Phi) is 7.06. The minimum atomic E-state index is -3.26. The van der Waals surface area contributed by atoms with E-state index in [9.17, 15) is 13.2 Å². The topological polar surface area (TPSA) is 75.7 Å². The van der Waals surface area contributed by atoms with Gasteiger partial charge in [0.1, 0.15) is 5.75 Å². The number of hydrogen-bond acceptors (Lipinski definition) is 4. The first-order valence-electron chi connectivity index (χ1n) is 9.10. The molecule has 0 unspecified atom stereocenters. The minimum absolute atomic E-state index is 0.0696. The van der Waals surface area contributed by atoms with Gasteiger partial charge < -0.3 is 10.1 Å². The zero-order valence-corrected chi connectivity index (χ0v) is 16.9. The van der Waals surface area contributed by atoms with Crippen LogP contribution in [0.25, 0.3) is 0 Å². The molecule has 2 rings (SSSR count). The van der Waals surface area contributed by atoms with E-state index >= 15 is 0 Å². The summed E-state index contributed by atoms with van der Waals surface area (Å²) in [5, 5.41) is 3.14. The number of nitrogens with one attached hydrogen (secondary N) is 1. The Morgan fingerprint density at radius 2 is 1.96 bits per heavy atom. The zero-order valence-electron chi connectivity index (χ0n) is 16.1. The highest BCUT2D eigenvalue weighted by Gasteiger charge is 2.31. The molecule has 1 heterocycles. The van der Waals surface area contributed by atoms with E-state index in [4.69, 9.17) is 4.74 Å². The second-order valence-corrected chi connectivity index (χ2v) is 9.41. The number of amides is 1. The molecule has 146 valence electrons. The highest BCUT2D eigenvalue weighted by molar-refractivity contribution is 7.88. The van der Waals surface area contributed by atoms with E-state index in [0.29, 0.717) is 18.9 Å². The summed E-state index contributed by atoms with van der Waals surface area (Å²) in [6.45, 7) is 5.00. The molecule has 0 saturated carbocycles. The maximum atomic E-state index is 12.8. The molecule has 0 radical (unpaired) electrons. The predicted molar refractivity (Wildman–Crippen MR) is 102 cm³/mol. The summed E-state index contributed by atoms with van der Waals surface area (Å²) < 4.78 is 30.2. The summed E-state index contributed by atoms with van der Waals surface area (Å²) in [4.78, 5) is 12.8. The molecule has 1 amide bonds. The van der Waals surface area contributed by atoms with Gasteiger partial charge in [-0.25, -0.2) is 12.7 Å². The van der Waals surface area contributed by atoms with Gasteiger partial charge in [0, 0.05) is 13.1 Å². The number of nitrogens with zero attached hydrogens (tertiary/aromatic N) is 1. The minimum Gasteiger partial charge on any atom is -0.497 e. The van der Waals surface area contributed by atoms with Gasteiger partial charge in [0.2, 0.25) is 15.9 Å². The molecule has 0 spiro atoms. The Bertz CT molecular complexity index is 701. The number of sulfonamides is 1. The molecular weight excluding hydrogens is 352 g/mol. The summed E-state index contributed by atoms with van der Waals surface area (Å²) in [5.74, 6) is 0.826. The average Bonchev–Trinajstić information content (AvgIpc) is 2.60. The number of carbonyl (C=O) groups is 1. The third-order valence-electron chi connectivity index (χ3n) is 4.77. The van der Waals surface area contributed by atoms with Gasteiger partial charge in [-0.3, -0.25) is 4.79 Å². The van der Waals surface area contributed by atoms with Crippen LogP contribution < -0.4 is 10.1 Å². The van der Waals surface area contributed by atoms with Crippen LogP contribution >= 0.6 is 0 Å². The van der Waals surface area contributed by atoms with E-state index < -0.39 is 10.0 Å². The van der Waals surface area contributed by atoms with Gasteiger partial charge in [-0.1, -0.05) is 26.0 Å². The Morgan fingerprint density at radius 3 is 2.50 bits per heavy atom. The lowest BCUT2D eigenvalue weighted by atomic mass is 9.94. The van der Waals surface area contributed by atoms with Crippen LogP contribution in [0.5, 0.6) is 5.75 Å². The van der Waals surface area contributed by atoms with E-state index in [1.54, 1.807) is 7.11 Å². The molecule has 7 heteroatoms. The summed E-state index contributed by atoms with van der Waals surface area (Å²) in [6.07, 6.45) is 3.45. The third kappa shape index (κ3) is 5.71. The van der Waals surface area contributed by atoms with Crippen molar-refractivity contribution in [2.75, 3.05) is 26.5 Å². The normalized spacial score (nSPS) is 20.0. The summed E-state index contributed by atoms with van der Waals surface area (Å²) in [6, 6.07) is 7.62. The molecule has 1 aromatic carbocycles. The van der Waals surface area contributed by atoms with Crippen molar-refractivity contribution in [1.82, 2.24) is 9.62 Å². The first kappa shape index (κ1) is 20.7. The lowest BCUT2D eigenvalue weighted by Crippen LogP contribution is -2.45. The van der Waals surface area contributed by atoms with Crippen molar-refractivity contribution in [2.45, 2.75) is 39.2 Å². The molecule has 6 nitrogen and oxygen atoms in total. The van der Waals surface area contributed by atoms with Gasteiger partial charge >= 0.3 is 0 Å². The van der Waals surface area contributed by atoms with Crippen LogP contribution in [0.15, 0.2) is 24.3 Å². The zero-order chi connectivity index (χ0) is 19.3. The first-order valence-corrected chi connectivity index (χ1v) is 10.9. The van der Waals surface area contributed by atoms with Crippen molar-refractivity contribution in [3.63, 3.8) is 0 Å². The van der Waals surface area contributed by atoms with Gasteiger partial charge in [-0.15, -0.1) is 0 Å². The maximum absolute atomic E-state index is 12.8. The number of carbonyl (C=O) groups excluding carboxylic acids is 1. The molecule has 0 bridgehead atoms. The van der Waals surface area contributed by atoms with Crippen molar-refractivity contribution in [2.24, 2.45) is 11.8 Å². The Labute approximate surface area is 157 Å². The van der Waals surface area contributed by atoms with Crippen LogP contribution in [-0.4, -0.2) is 45.1 Å². The van der Waals surface area contributed by atoms with Crippen LogP contribution in [-0.2, 0) is 14.8 Å². The van der Waals surface area contributed by atoms with Crippen molar-refractivity contribution < 1.29 is 17.9 Å². The highest BCUT2D eigenvalue weighted by atomic mass is 32.2. The quantitative estimate of drug-likeness (QED) is 0.786. The van der Waals surface area contributed by atoms with Gasteiger partial charge in [-0.2, -0.15) is 0 Å². The summed E-state index contributed by atoms with van der Waals surface area (Å²) in [5.41, 5.74) is 1.03. The predicted octanol–water partition coefficient (Wildman–Crippen LogP) is 2.57. The van der Waals surface area contributed by atoms with Gasteiger partial charge in [0.05, 0.1) is 25.3 Å². The van der Waals surface area contributed by atoms with Gasteiger partial charge in [0.15, 0.2) is 0 Å². The second kappa shape index (κ2) is 8.86.